The van der Waals surface area contributed by atoms with Gasteiger partial charge in [0.15, 0.2) is 5.90 Å². The third-order valence-electron chi connectivity index (χ3n) is 7.86. The Labute approximate surface area is 209 Å². The Morgan fingerprint density at radius 1 is 1.28 bits per heavy atom. The van der Waals surface area contributed by atoms with E-state index in [2.05, 4.69) is 46.2 Å². The Balaban J connectivity index is 1.32. The Bertz CT molecular complexity index is 1330. The van der Waals surface area contributed by atoms with E-state index in [1.54, 1.807) is 6.20 Å². The van der Waals surface area contributed by atoms with Crippen LogP contribution in [0.4, 0.5) is 5.69 Å². The summed E-state index contributed by atoms with van der Waals surface area (Å²) in [7, 11) is 0. The van der Waals surface area contributed by atoms with E-state index in [1.807, 2.05) is 19.2 Å². The van der Waals surface area contributed by atoms with E-state index >= 15 is 0 Å². The molecule has 3 aromatic heterocycles. The van der Waals surface area contributed by atoms with Crippen LogP contribution >= 0.6 is 0 Å². The summed E-state index contributed by atoms with van der Waals surface area (Å²) in [6, 6.07) is 2.29. The molecule has 3 aromatic rings. The molecule has 0 aromatic carbocycles. The summed E-state index contributed by atoms with van der Waals surface area (Å²) >= 11 is 0. The number of hydrogen-bond acceptors (Lipinski definition) is 8. The molecule has 36 heavy (non-hydrogen) atoms. The van der Waals surface area contributed by atoms with Crippen molar-refractivity contribution in [3.05, 3.63) is 24.3 Å². The van der Waals surface area contributed by atoms with E-state index in [4.69, 9.17) is 20.0 Å². The lowest BCUT2D eigenvalue weighted by Crippen LogP contribution is -2.58. The quantitative estimate of drug-likeness (QED) is 0.356. The van der Waals surface area contributed by atoms with Gasteiger partial charge in [0.05, 0.1) is 16.8 Å². The van der Waals surface area contributed by atoms with Gasteiger partial charge >= 0.3 is 0 Å². The van der Waals surface area contributed by atoms with Crippen LogP contribution in [0.15, 0.2) is 28.0 Å². The van der Waals surface area contributed by atoms with Crippen molar-refractivity contribution in [1.29, 1.82) is 0 Å². The van der Waals surface area contributed by atoms with Crippen LogP contribution in [0.25, 0.3) is 22.5 Å². The first-order chi connectivity index (χ1) is 17.1. The largest absolute Gasteiger partial charge is 0.476 e. The van der Waals surface area contributed by atoms with Gasteiger partial charge in [-0.05, 0) is 76.7 Å². The highest BCUT2D eigenvalue weighted by Crippen LogP contribution is 2.58. The van der Waals surface area contributed by atoms with Gasteiger partial charge in [0.2, 0.25) is 0 Å². The van der Waals surface area contributed by atoms with E-state index in [0.717, 1.165) is 41.9 Å². The van der Waals surface area contributed by atoms with Crippen LogP contribution in [-0.2, 0) is 4.74 Å². The first-order valence-electron chi connectivity index (χ1n) is 12.7. The highest BCUT2D eigenvalue weighted by Gasteiger charge is 2.56. The molecule has 0 aliphatic heterocycles. The molecule has 10 heteroatoms. The summed E-state index contributed by atoms with van der Waals surface area (Å²) in [5.41, 5.74) is 7.40. The van der Waals surface area contributed by atoms with Crippen LogP contribution < -0.4 is 11.1 Å². The average molecular weight is 492 g/mol. The fourth-order valence-electron chi connectivity index (χ4n) is 7.08. The number of fused-ring (bicyclic) bond motifs is 1. The lowest BCUT2D eigenvalue weighted by atomic mass is 9.51. The molecule has 2 unspecified atom stereocenters. The maximum Gasteiger partial charge on any atom is 0.290 e. The first kappa shape index (κ1) is 23.0. The zero-order chi connectivity index (χ0) is 25.2. The Kier molecular flexibility index (Phi) is 5.14. The van der Waals surface area contributed by atoms with Crippen molar-refractivity contribution in [3.63, 3.8) is 0 Å². The number of hydrogen-bond donors (Lipinski definition) is 3. The third-order valence-corrected chi connectivity index (χ3v) is 7.86. The van der Waals surface area contributed by atoms with E-state index in [9.17, 15) is 4.79 Å². The zero-order valence-corrected chi connectivity index (χ0v) is 21.2. The third kappa shape index (κ3) is 4.02. The minimum Gasteiger partial charge on any atom is -0.476 e. The highest BCUT2D eigenvalue weighted by atomic mass is 16.5. The summed E-state index contributed by atoms with van der Waals surface area (Å²) in [5, 5.41) is 8.56. The molecule has 190 valence electrons. The predicted molar refractivity (Wildman–Crippen MR) is 136 cm³/mol. The number of nitrogens with zero attached hydrogens (tertiary/aromatic N) is 4. The minimum atomic E-state index is -0.729. The molecule has 4 aliphatic rings. The fourth-order valence-corrected chi connectivity index (χ4v) is 7.08. The summed E-state index contributed by atoms with van der Waals surface area (Å²) in [4.78, 5) is 28.7. The van der Waals surface area contributed by atoms with Crippen molar-refractivity contribution in [3.8, 4) is 11.5 Å². The van der Waals surface area contributed by atoms with Crippen molar-refractivity contribution in [1.82, 2.24) is 20.1 Å². The number of aromatic amines is 1. The van der Waals surface area contributed by atoms with Crippen LogP contribution in [0.3, 0.4) is 0 Å². The van der Waals surface area contributed by atoms with Gasteiger partial charge in [0.25, 0.3) is 17.6 Å². The van der Waals surface area contributed by atoms with Crippen LogP contribution in [0.1, 0.15) is 70.4 Å². The van der Waals surface area contributed by atoms with Crippen LogP contribution in [0, 0.1) is 17.8 Å². The van der Waals surface area contributed by atoms with Gasteiger partial charge in [-0.15, -0.1) is 0 Å². The molecule has 10 nitrogen and oxygen atoms in total. The van der Waals surface area contributed by atoms with Crippen molar-refractivity contribution in [2.75, 3.05) is 5.32 Å². The van der Waals surface area contributed by atoms with Crippen LogP contribution in [-0.4, -0.2) is 49.1 Å². The van der Waals surface area contributed by atoms with Gasteiger partial charge in [-0.2, -0.15) is 4.98 Å². The number of carbonyl (C=O) groups excluding carboxylic acids is 1. The second-order valence-electron chi connectivity index (χ2n) is 11.8. The second kappa shape index (κ2) is 8.04. The second-order valence-corrected chi connectivity index (χ2v) is 11.8. The van der Waals surface area contributed by atoms with Crippen molar-refractivity contribution < 1.29 is 14.1 Å². The van der Waals surface area contributed by atoms with E-state index in [1.165, 1.54) is 12.8 Å². The maximum atomic E-state index is 11.6. The number of aromatic nitrogens is 4. The molecule has 2 atom stereocenters. The molecule has 0 saturated heterocycles. The SMILES string of the molecule is CC(=NC12CC3CC(C1)C(Nc1c(-c4nc(C(N)=O)no4)cnc4[nH]ccc14)C(C3)C2)OC(C)(C)C. The van der Waals surface area contributed by atoms with Crippen molar-refractivity contribution in [2.24, 2.45) is 28.5 Å². The molecule has 7 rings (SSSR count). The van der Waals surface area contributed by atoms with Gasteiger partial charge in [-0.3, -0.25) is 4.79 Å². The maximum absolute atomic E-state index is 11.6. The normalized spacial score (nSPS) is 29.6. The molecule has 4 bridgehead atoms. The Morgan fingerprint density at radius 2 is 2.03 bits per heavy atom. The zero-order valence-electron chi connectivity index (χ0n) is 21.2. The summed E-state index contributed by atoms with van der Waals surface area (Å²) in [6.07, 6.45) is 9.22. The Morgan fingerprint density at radius 3 is 2.69 bits per heavy atom. The van der Waals surface area contributed by atoms with Gasteiger partial charge in [0.1, 0.15) is 11.2 Å². The molecule has 4 fully saturated rings. The number of ether oxygens (including phenoxy) is 1. The molecule has 3 heterocycles. The minimum absolute atomic E-state index is 0.0304. The van der Waals surface area contributed by atoms with Crippen LogP contribution in [0.5, 0.6) is 0 Å². The molecule has 4 aliphatic carbocycles. The van der Waals surface area contributed by atoms with E-state index in [0.29, 0.717) is 29.4 Å². The number of nitrogens with one attached hydrogen (secondary N) is 2. The number of H-pyrrole nitrogens is 1. The number of nitrogens with two attached hydrogens (primary N) is 1. The average Bonchev–Trinajstić information content (AvgIpc) is 3.43. The smallest absolute Gasteiger partial charge is 0.290 e. The molecule has 4 saturated carbocycles. The van der Waals surface area contributed by atoms with Crippen molar-refractivity contribution in [2.45, 2.75) is 77.0 Å². The lowest BCUT2D eigenvalue weighted by Gasteiger charge is -2.58. The fraction of sp³-hybridized carbons (Fsp3) is 0.577. The summed E-state index contributed by atoms with van der Waals surface area (Å²) in [6.45, 7) is 8.19. The highest BCUT2D eigenvalue weighted by molar-refractivity contribution is 5.97. The van der Waals surface area contributed by atoms with Gasteiger partial charge in [-0.1, -0.05) is 5.16 Å². The van der Waals surface area contributed by atoms with E-state index < -0.39 is 5.91 Å². The summed E-state index contributed by atoms with van der Waals surface area (Å²) < 4.78 is 11.5. The van der Waals surface area contributed by atoms with Gasteiger partial charge < -0.3 is 25.3 Å². The predicted octanol–water partition coefficient (Wildman–Crippen LogP) is 4.30. The Hall–Kier alpha value is -3.43. The summed E-state index contributed by atoms with van der Waals surface area (Å²) in [5.74, 6) is 1.84. The molecular formula is C26H33N7O3. The molecule has 0 spiro atoms. The number of primary amides is 1. The molecule has 4 N–H and O–H groups in total. The number of amides is 1. The first-order valence-corrected chi connectivity index (χ1v) is 12.7. The topological polar surface area (TPSA) is 144 Å². The lowest BCUT2D eigenvalue weighted by molar-refractivity contribution is -0.0117. The van der Waals surface area contributed by atoms with Gasteiger partial charge in [-0.25, -0.2) is 9.98 Å². The van der Waals surface area contributed by atoms with E-state index in [-0.39, 0.29) is 22.9 Å². The van der Waals surface area contributed by atoms with Crippen molar-refractivity contribution >= 4 is 28.5 Å². The molecule has 0 radical (unpaired) electrons. The standard InChI is InChI=1S/C26H33N7O3/c1-13(35-25(2,3)4)32-26-9-14-7-15(10-26)19(16(8-14)11-26)30-20-17-5-6-28-22(17)29-12-18(20)24-31-23(21(27)34)33-36-24/h5-6,12,14-16,19H,7-11H2,1-4H3,(H2,27,34)(H2,28,29,30). The number of rotatable bonds is 5. The number of aliphatic imine (C=N–C) groups is 1. The molecular weight excluding hydrogens is 458 g/mol. The number of carbonyl (C=O) groups is 1. The van der Waals surface area contributed by atoms with Gasteiger partial charge in [0, 0.05) is 30.7 Å². The monoisotopic (exact) mass is 491 g/mol. The van der Waals surface area contributed by atoms with Crippen LogP contribution in [0.2, 0.25) is 0 Å². The number of pyridine rings is 1. The molecule has 1 amide bonds. The number of anilines is 1.